The summed E-state index contributed by atoms with van der Waals surface area (Å²) in [5, 5.41) is 0. The second-order valence-corrected chi connectivity index (χ2v) is 3.53. The first-order valence-corrected chi connectivity index (χ1v) is 5.23. The Morgan fingerprint density at radius 2 is 1.93 bits per heavy atom. The topological polar surface area (TPSA) is 39.2 Å². The van der Waals surface area contributed by atoms with Crippen LogP contribution in [0.2, 0.25) is 0 Å². The quantitative estimate of drug-likeness (QED) is 0.826. The Bertz CT molecular complexity index is 406. The van der Waals surface area contributed by atoms with Crippen molar-refractivity contribution in [3.63, 3.8) is 0 Å². The van der Waals surface area contributed by atoms with Gasteiger partial charge in [-0.25, -0.2) is 0 Å². The minimum atomic E-state index is 0.729. The molecule has 0 unspecified atom stereocenters. The molecule has 0 aliphatic heterocycles. The lowest BCUT2D eigenvalue weighted by molar-refractivity contribution is 0.581. The van der Waals surface area contributed by atoms with Gasteiger partial charge in [0.2, 0.25) is 0 Å². The maximum Gasteiger partial charge on any atom is 0.134 e. The van der Waals surface area contributed by atoms with Crippen molar-refractivity contribution in [3.05, 3.63) is 48.2 Å². The standard InChI is InChI=1S/C13H15NO/c14-9-3-6-11-5-1-2-7-12(11)13-8-4-10-15-13/h1-2,4-5,7-8,10H,3,6,9,14H2. The van der Waals surface area contributed by atoms with Crippen molar-refractivity contribution in [1.29, 1.82) is 0 Å². The molecule has 78 valence electrons. The van der Waals surface area contributed by atoms with E-state index in [1.807, 2.05) is 18.2 Å². The van der Waals surface area contributed by atoms with Crippen molar-refractivity contribution in [2.45, 2.75) is 12.8 Å². The number of furan rings is 1. The summed E-state index contributed by atoms with van der Waals surface area (Å²) in [6, 6.07) is 12.2. The van der Waals surface area contributed by atoms with Crippen molar-refractivity contribution >= 4 is 0 Å². The van der Waals surface area contributed by atoms with Crippen LogP contribution in [-0.2, 0) is 6.42 Å². The summed E-state index contributed by atoms with van der Waals surface area (Å²) in [4.78, 5) is 0. The van der Waals surface area contributed by atoms with E-state index in [1.54, 1.807) is 6.26 Å². The zero-order valence-electron chi connectivity index (χ0n) is 8.65. The van der Waals surface area contributed by atoms with Gasteiger partial charge < -0.3 is 10.2 Å². The van der Waals surface area contributed by atoms with Gasteiger partial charge in [-0.3, -0.25) is 0 Å². The van der Waals surface area contributed by atoms with Gasteiger partial charge in [0.25, 0.3) is 0 Å². The molecule has 0 saturated carbocycles. The monoisotopic (exact) mass is 201 g/mol. The molecule has 0 amide bonds. The molecule has 15 heavy (non-hydrogen) atoms. The number of aryl methyl sites for hydroxylation is 1. The van der Waals surface area contributed by atoms with E-state index >= 15 is 0 Å². The SMILES string of the molecule is NCCCc1ccccc1-c1ccco1. The van der Waals surface area contributed by atoms with Crippen LogP contribution in [0.4, 0.5) is 0 Å². The van der Waals surface area contributed by atoms with Crippen molar-refractivity contribution in [2.75, 3.05) is 6.54 Å². The van der Waals surface area contributed by atoms with Crippen LogP contribution in [0.3, 0.4) is 0 Å². The molecule has 2 nitrogen and oxygen atoms in total. The van der Waals surface area contributed by atoms with E-state index < -0.39 is 0 Å². The van der Waals surface area contributed by atoms with Crippen molar-refractivity contribution in [2.24, 2.45) is 5.73 Å². The third kappa shape index (κ3) is 2.28. The molecular weight excluding hydrogens is 186 g/mol. The van der Waals surface area contributed by atoms with E-state index in [2.05, 4.69) is 18.2 Å². The van der Waals surface area contributed by atoms with Crippen molar-refractivity contribution in [1.82, 2.24) is 0 Å². The Hall–Kier alpha value is -1.54. The fourth-order valence-electron chi connectivity index (χ4n) is 1.70. The molecule has 1 aromatic heterocycles. The molecular formula is C13H15NO. The molecule has 0 saturated heterocycles. The molecule has 2 rings (SSSR count). The highest BCUT2D eigenvalue weighted by Crippen LogP contribution is 2.24. The van der Waals surface area contributed by atoms with Gasteiger partial charge in [-0.2, -0.15) is 0 Å². The molecule has 0 spiro atoms. The molecule has 0 bridgehead atoms. The molecule has 0 radical (unpaired) electrons. The molecule has 0 aliphatic rings. The predicted octanol–water partition coefficient (Wildman–Crippen LogP) is 2.84. The first-order chi connectivity index (χ1) is 7.42. The number of benzene rings is 1. The maximum atomic E-state index is 5.52. The lowest BCUT2D eigenvalue weighted by atomic mass is 10.0. The van der Waals surface area contributed by atoms with Crippen LogP contribution in [0.15, 0.2) is 47.1 Å². The summed E-state index contributed by atoms with van der Waals surface area (Å²) < 4.78 is 5.41. The van der Waals surface area contributed by atoms with E-state index in [1.165, 1.54) is 11.1 Å². The Morgan fingerprint density at radius 3 is 2.67 bits per heavy atom. The molecule has 2 N–H and O–H groups in total. The van der Waals surface area contributed by atoms with Gasteiger partial charge in [-0.05, 0) is 37.1 Å². The van der Waals surface area contributed by atoms with Gasteiger partial charge in [-0.1, -0.05) is 24.3 Å². The summed E-state index contributed by atoms with van der Waals surface area (Å²) in [6.45, 7) is 0.729. The van der Waals surface area contributed by atoms with Gasteiger partial charge in [0.05, 0.1) is 6.26 Å². The number of hydrogen-bond acceptors (Lipinski definition) is 2. The molecule has 0 aliphatic carbocycles. The van der Waals surface area contributed by atoms with Gasteiger partial charge in [0.15, 0.2) is 0 Å². The zero-order chi connectivity index (χ0) is 10.5. The Balaban J connectivity index is 2.30. The van der Waals surface area contributed by atoms with Gasteiger partial charge in [-0.15, -0.1) is 0 Å². The van der Waals surface area contributed by atoms with Crippen LogP contribution in [-0.4, -0.2) is 6.54 Å². The summed E-state index contributed by atoms with van der Waals surface area (Å²) in [5.41, 5.74) is 8.00. The van der Waals surface area contributed by atoms with Crippen LogP contribution in [0, 0.1) is 0 Å². The average molecular weight is 201 g/mol. The number of nitrogens with two attached hydrogens (primary N) is 1. The van der Waals surface area contributed by atoms with Crippen LogP contribution in [0.25, 0.3) is 11.3 Å². The fraction of sp³-hybridized carbons (Fsp3) is 0.231. The highest BCUT2D eigenvalue weighted by Gasteiger charge is 2.05. The lowest BCUT2D eigenvalue weighted by Crippen LogP contribution is -2.01. The second-order valence-electron chi connectivity index (χ2n) is 3.53. The van der Waals surface area contributed by atoms with Crippen molar-refractivity contribution in [3.8, 4) is 11.3 Å². The molecule has 0 atom stereocenters. The highest BCUT2D eigenvalue weighted by molar-refractivity contribution is 5.61. The van der Waals surface area contributed by atoms with E-state index in [9.17, 15) is 0 Å². The molecule has 2 heteroatoms. The Labute approximate surface area is 89.7 Å². The Kier molecular flexibility index (Phi) is 3.20. The summed E-state index contributed by atoms with van der Waals surface area (Å²) >= 11 is 0. The first kappa shape index (κ1) is 9.99. The maximum absolute atomic E-state index is 5.52. The zero-order valence-corrected chi connectivity index (χ0v) is 8.65. The Morgan fingerprint density at radius 1 is 1.07 bits per heavy atom. The third-order valence-corrected chi connectivity index (χ3v) is 2.45. The van der Waals surface area contributed by atoms with Crippen LogP contribution < -0.4 is 5.73 Å². The number of rotatable bonds is 4. The normalized spacial score (nSPS) is 10.5. The van der Waals surface area contributed by atoms with Crippen LogP contribution in [0.1, 0.15) is 12.0 Å². The minimum absolute atomic E-state index is 0.729. The molecule has 0 fully saturated rings. The smallest absolute Gasteiger partial charge is 0.134 e. The lowest BCUT2D eigenvalue weighted by Gasteiger charge is -2.05. The van der Waals surface area contributed by atoms with Gasteiger partial charge in [0.1, 0.15) is 5.76 Å². The van der Waals surface area contributed by atoms with E-state index in [0.29, 0.717) is 0 Å². The third-order valence-electron chi connectivity index (χ3n) is 2.45. The summed E-state index contributed by atoms with van der Waals surface area (Å²) in [6.07, 6.45) is 3.72. The molecule has 1 heterocycles. The van der Waals surface area contributed by atoms with Gasteiger partial charge in [0, 0.05) is 5.56 Å². The summed E-state index contributed by atoms with van der Waals surface area (Å²) in [7, 11) is 0. The van der Waals surface area contributed by atoms with E-state index in [0.717, 1.165) is 25.1 Å². The molecule has 1 aromatic carbocycles. The van der Waals surface area contributed by atoms with Crippen LogP contribution >= 0.6 is 0 Å². The highest BCUT2D eigenvalue weighted by atomic mass is 16.3. The van der Waals surface area contributed by atoms with Crippen molar-refractivity contribution < 1.29 is 4.42 Å². The van der Waals surface area contributed by atoms with E-state index in [-0.39, 0.29) is 0 Å². The van der Waals surface area contributed by atoms with Gasteiger partial charge >= 0.3 is 0 Å². The predicted molar refractivity (Wildman–Crippen MR) is 61.5 cm³/mol. The van der Waals surface area contributed by atoms with Crippen LogP contribution in [0.5, 0.6) is 0 Å². The largest absolute Gasteiger partial charge is 0.464 e. The summed E-state index contributed by atoms with van der Waals surface area (Å²) in [5.74, 6) is 0.933. The first-order valence-electron chi connectivity index (χ1n) is 5.23. The second kappa shape index (κ2) is 4.80. The minimum Gasteiger partial charge on any atom is -0.464 e. The van der Waals surface area contributed by atoms with E-state index in [4.69, 9.17) is 10.2 Å². The average Bonchev–Trinajstić information content (AvgIpc) is 2.80. The fourth-order valence-corrected chi connectivity index (χ4v) is 1.70. The molecule has 2 aromatic rings. The number of hydrogen-bond donors (Lipinski definition) is 1.